The number of H-pyrrole nitrogens is 1. The highest BCUT2D eigenvalue weighted by Gasteiger charge is 2.41. The molecule has 0 spiro atoms. The molecule has 24 heavy (non-hydrogen) atoms. The molecule has 1 atom stereocenters. The van der Waals surface area contributed by atoms with Gasteiger partial charge in [0.05, 0.1) is 31.4 Å². The van der Waals surface area contributed by atoms with Crippen molar-refractivity contribution in [2.45, 2.75) is 12.8 Å². The van der Waals surface area contributed by atoms with Crippen molar-refractivity contribution in [2.24, 2.45) is 0 Å². The topological polar surface area (TPSA) is 85.5 Å². The van der Waals surface area contributed by atoms with Crippen molar-refractivity contribution in [3.63, 3.8) is 0 Å². The molecule has 0 saturated carbocycles. The summed E-state index contributed by atoms with van der Waals surface area (Å²) in [6.07, 6.45) is 0. The molecule has 2 aliphatic rings. The third-order valence-corrected chi connectivity index (χ3v) is 4.49. The Bertz CT molecular complexity index is 869. The van der Waals surface area contributed by atoms with E-state index >= 15 is 0 Å². The standard InChI is InChI=1S/C17H17N3O4/c1-8-13-14(10-5-4-9(22-2)6-12(10)23-3)15-11(7-24-17(15)21)18-16(13)20-19-8/h4-6,14H,7H2,1-3H3,(H2,18,19,20). The zero-order valence-electron chi connectivity index (χ0n) is 13.6. The summed E-state index contributed by atoms with van der Waals surface area (Å²) in [5.74, 6) is 1.45. The molecule has 1 unspecified atom stereocenters. The third-order valence-electron chi connectivity index (χ3n) is 4.49. The maximum absolute atomic E-state index is 12.3. The lowest BCUT2D eigenvalue weighted by Crippen LogP contribution is -2.20. The predicted octanol–water partition coefficient (Wildman–Crippen LogP) is 2.10. The van der Waals surface area contributed by atoms with E-state index in [0.29, 0.717) is 22.9 Å². The molecule has 1 aromatic heterocycles. The summed E-state index contributed by atoms with van der Waals surface area (Å²) in [7, 11) is 3.21. The van der Waals surface area contributed by atoms with Gasteiger partial charge in [-0.25, -0.2) is 4.79 Å². The number of cyclic esters (lactones) is 1. The molecule has 7 nitrogen and oxygen atoms in total. The molecule has 4 rings (SSSR count). The fourth-order valence-electron chi connectivity index (χ4n) is 3.35. The van der Waals surface area contributed by atoms with Crippen molar-refractivity contribution in [3.8, 4) is 11.5 Å². The number of nitrogens with one attached hydrogen (secondary N) is 2. The lowest BCUT2D eigenvalue weighted by molar-refractivity contribution is -0.136. The van der Waals surface area contributed by atoms with Gasteiger partial charge in [0.1, 0.15) is 18.1 Å². The molecule has 0 saturated heterocycles. The first-order valence-corrected chi connectivity index (χ1v) is 7.58. The Morgan fingerprint density at radius 3 is 2.88 bits per heavy atom. The molecule has 1 aromatic carbocycles. The Morgan fingerprint density at radius 2 is 2.12 bits per heavy atom. The van der Waals surface area contributed by atoms with Crippen LogP contribution in [0.25, 0.3) is 0 Å². The minimum atomic E-state index is -0.313. The number of hydrogen-bond acceptors (Lipinski definition) is 6. The smallest absolute Gasteiger partial charge is 0.337 e. The van der Waals surface area contributed by atoms with Crippen LogP contribution in [0.4, 0.5) is 5.82 Å². The summed E-state index contributed by atoms with van der Waals surface area (Å²) in [5, 5.41) is 10.5. The second-order valence-electron chi connectivity index (χ2n) is 5.75. The number of nitrogens with zero attached hydrogens (tertiary/aromatic N) is 1. The molecule has 0 aliphatic carbocycles. The van der Waals surface area contributed by atoms with Gasteiger partial charge in [-0.15, -0.1) is 0 Å². The Labute approximate surface area is 138 Å². The minimum absolute atomic E-state index is 0.231. The van der Waals surface area contributed by atoms with Crippen molar-refractivity contribution in [1.82, 2.24) is 10.2 Å². The molecule has 0 fully saturated rings. The number of rotatable bonds is 3. The summed E-state index contributed by atoms with van der Waals surface area (Å²) >= 11 is 0. The van der Waals surface area contributed by atoms with Crippen molar-refractivity contribution in [1.29, 1.82) is 0 Å². The number of carbonyl (C=O) groups excluding carboxylic acids is 1. The Balaban J connectivity index is 1.95. The Kier molecular flexibility index (Phi) is 3.23. The van der Waals surface area contributed by atoms with E-state index in [1.54, 1.807) is 14.2 Å². The second-order valence-corrected chi connectivity index (χ2v) is 5.75. The zero-order chi connectivity index (χ0) is 16.8. The molecule has 2 N–H and O–H groups in total. The highest BCUT2D eigenvalue weighted by molar-refractivity contribution is 5.97. The maximum atomic E-state index is 12.3. The summed E-state index contributed by atoms with van der Waals surface area (Å²) in [6.45, 7) is 2.16. The van der Waals surface area contributed by atoms with Gasteiger partial charge in [0.25, 0.3) is 0 Å². The highest BCUT2D eigenvalue weighted by atomic mass is 16.5. The zero-order valence-corrected chi connectivity index (χ0v) is 13.6. The Hall–Kier alpha value is -2.96. The average Bonchev–Trinajstić information content (AvgIpc) is 3.16. The van der Waals surface area contributed by atoms with E-state index in [1.165, 1.54) is 0 Å². The summed E-state index contributed by atoms with van der Waals surface area (Å²) in [4.78, 5) is 12.3. The van der Waals surface area contributed by atoms with E-state index in [1.807, 2.05) is 25.1 Å². The number of carbonyl (C=O) groups is 1. The fourth-order valence-corrected chi connectivity index (χ4v) is 3.35. The number of fused-ring (bicyclic) bond motifs is 1. The van der Waals surface area contributed by atoms with Crippen molar-refractivity contribution in [2.75, 3.05) is 26.1 Å². The summed E-state index contributed by atoms with van der Waals surface area (Å²) < 4.78 is 16.1. The van der Waals surface area contributed by atoms with Gasteiger partial charge in [0.15, 0.2) is 5.82 Å². The van der Waals surface area contributed by atoms with Gasteiger partial charge < -0.3 is 19.5 Å². The van der Waals surface area contributed by atoms with Crippen LogP contribution < -0.4 is 14.8 Å². The van der Waals surface area contributed by atoms with E-state index in [4.69, 9.17) is 14.2 Å². The van der Waals surface area contributed by atoms with Gasteiger partial charge in [-0.2, -0.15) is 5.10 Å². The van der Waals surface area contributed by atoms with Crippen LogP contribution in [0.1, 0.15) is 22.7 Å². The Morgan fingerprint density at radius 1 is 1.29 bits per heavy atom. The number of esters is 1. The van der Waals surface area contributed by atoms with Gasteiger partial charge in [-0.1, -0.05) is 6.07 Å². The van der Waals surface area contributed by atoms with E-state index in [9.17, 15) is 4.79 Å². The molecule has 124 valence electrons. The first-order valence-electron chi connectivity index (χ1n) is 7.58. The van der Waals surface area contributed by atoms with Crippen LogP contribution in [0, 0.1) is 6.92 Å². The molecular weight excluding hydrogens is 310 g/mol. The predicted molar refractivity (Wildman–Crippen MR) is 86.3 cm³/mol. The molecule has 7 heteroatoms. The van der Waals surface area contributed by atoms with Gasteiger partial charge in [0, 0.05) is 22.9 Å². The number of hydrogen-bond donors (Lipinski definition) is 2. The molecule has 2 aromatic rings. The highest BCUT2D eigenvalue weighted by Crippen LogP contribution is 2.47. The molecular formula is C17H17N3O4. The summed E-state index contributed by atoms with van der Waals surface area (Å²) in [5.41, 5.74) is 4.05. The number of aryl methyl sites for hydroxylation is 1. The number of aromatic nitrogens is 2. The van der Waals surface area contributed by atoms with Crippen LogP contribution in [0.5, 0.6) is 11.5 Å². The van der Waals surface area contributed by atoms with Crippen LogP contribution in [-0.4, -0.2) is 37.0 Å². The first kappa shape index (κ1) is 14.6. The fraction of sp³-hybridized carbons (Fsp3) is 0.294. The molecule has 3 heterocycles. The van der Waals surface area contributed by atoms with Gasteiger partial charge in [-0.3, -0.25) is 5.10 Å². The van der Waals surface area contributed by atoms with Gasteiger partial charge >= 0.3 is 5.97 Å². The quantitative estimate of drug-likeness (QED) is 0.840. The minimum Gasteiger partial charge on any atom is -0.497 e. The van der Waals surface area contributed by atoms with Crippen molar-refractivity contribution < 1.29 is 19.0 Å². The van der Waals surface area contributed by atoms with Gasteiger partial charge in [-0.05, 0) is 13.0 Å². The maximum Gasteiger partial charge on any atom is 0.337 e. The average molecular weight is 327 g/mol. The number of aromatic amines is 1. The number of ether oxygens (including phenoxy) is 3. The van der Waals surface area contributed by atoms with Gasteiger partial charge in [0.2, 0.25) is 0 Å². The molecule has 0 bridgehead atoms. The third kappa shape index (κ3) is 1.97. The molecule has 0 radical (unpaired) electrons. The number of benzene rings is 1. The summed E-state index contributed by atoms with van der Waals surface area (Å²) in [6, 6.07) is 5.59. The lowest BCUT2D eigenvalue weighted by Gasteiger charge is -2.25. The SMILES string of the molecule is COc1ccc(C2C3=C(COC3=O)Nc3n[nH]c(C)c32)c(OC)c1. The van der Waals surface area contributed by atoms with Crippen LogP contribution in [0.15, 0.2) is 29.5 Å². The van der Waals surface area contributed by atoms with E-state index < -0.39 is 0 Å². The van der Waals surface area contributed by atoms with Crippen LogP contribution >= 0.6 is 0 Å². The second kappa shape index (κ2) is 5.30. The van der Waals surface area contributed by atoms with Crippen molar-refractivity contribution >= 4 is 11.8 Å². The largest absolute Gasteiger partial charge is 0.497 e. The number of anilines is 1. The van der Waals surface area contributed by atoms with Crippen LogP contribution in [0.3, 0.4) is 0 Å². The lowest BCUT2D eigenvalue weighted by atomic mass is 9.81. The van der Waals surface area contributed by atoms with E-state index in [-0.39, 0.29) is 18.5 Å². The van der Waals surface area contributed by atoms with Crippen LogP contribution in [-0.2, 0) is 9.53 Å². The molecule has 2 aliphatic heterocycles. The normalized spacial score (nSPS) is 18.6. The van der Waals surface area contributed by atoms with E-state index in [2.05, 4.69) is 15.5 Å². The molecule has 0 amide bonds. The monoisotopic (exact) mass is 327 g/mol. The van der Waals surface area contributed by atoms with Crippen LogP contribution in [0.2, 0.25) is 0 Å². The van der Waals surface area contributed by atoms with E-state index in [0.717, 1.165) is 22.5 Å². The van der Waals surface area contributed by atoms with Crippen molar-refractivity contribution in [3.05, 3.63) is 46.3 Å². The first-order chi connectivity index (χ1) is 11.6. The number of methoxy groups -OCH3 is 2.